The predicted molar refractivity (Wildman–Crippen MR) is 67.2 cm³/mol. The fraction of sp³-hybridized carbons (Fsp3) is 0.273. The summed E-state index contributed by atoms with van der Waals surface area (Å²) in [5.74, 6) is -0.462. The van der Waals surface area contributed by atoms with Crippen LogP contribution >= 0.6 is 15.9 Å². The van der Waals surface area contributed by atoms with E-state index in [2.05, 4.69) is 20.9 Å². The van der Waals surface area contributed by atoms with E-state index in [1.54, 1.807) is 20.2 Å². The lowest BCUT2D eigenvalue weighted by atomic mass is 10.2. The van der Waals surface area contributed by atoms with Gasteiger partial charge in [0.25, 0.3) is 5.56 Å². The number of nitrogens with one attached hydrogen (secondary N) is 1. The van der Waals surface area contributed by atoms with Gasteiger partial charge in [0.2, 0.25) is 0 Å². The summed E-state index contributed by atoms with van der Waals surface area (Å²) in [6.45, 7) is 2.03. The van der Waals surface area contributed by atoms with Crippen molar-refractivity contribution in [3.8, 4) is 0 Å². The van der Waals surface area contributed by atoms with Gasteiger partial charge in [0.15, 0.2) is 0 Å². The first-order valence-corrected chi connectivity index (χ1v) is 5.89. The van der Waals surface area contributed by atoms with E-state index in [-0.39, 0.29) is 5.56 Å². The highest BCUT2D eigenvalue weighted by molar-refractivity contribution is 9.10. The van der Waals surface area contributed by atoms with Gasteiger partial charge in [-0.25, -0.2) is 4.79 Å². The summed E-state index contributed by atoms with van der Waals surface area (Å²) in [6.07, 6.45) is 3.15. The molecule has 5 nitrogen and oxygen atoms in total. The minimum absolute atomic E-state index is 0.157. The molecule has 6 heteroatoms. The number of rotatable bonds is 2. The molecule has 90 valence electrons. The Morgan fingerprint density at radius 2 is 2.29 bits per heavy atom. The molecule has 2 aromatic heterocycles. The molecule has 0 bridgehead atoms. The molecule has 1 N–H and O–H groups in total. The number of hydrogen-bond donors (Lipinski definition) is 1. The average Bonchev–Trinajstić information content (AvgIpc) is 2.71. The number of H-pyrrole nitrogens is 1. The van der Waals surface area contributed by atoms with Gasteiger partial charge in [-0.15, -0.1) is 0 Å². The summed E-state index contributed by atoms with van der Waals surface area (Å²) in [4.78, 5) is 26.3. The number of aromatic amines is 1. The zero-order valence-electron chi connectivity index (χ0n) is 9.41. The smallest absolute Gasteiger partial charge is 0.355 e. The third kappa shape index (κ3) is 1.88. The Morgan fingerprint density at radius 3 is 2.94 bits per heavy atom. The SMILES string of the molecule is CCOC(=O)c1[nH]cc2c(=O)n(C)cc(Br)c12. The summed E-state index contributed by atoms with van der Waals surface area (Å²) in [6, 6.07) is 0. The van der Waals surface area contributed by atoms with Crippen molar-refractivity contribution in [1.82, 2.24) is 9.55 Å². The molecular formula is C11H11BrN2O3. The minimum atomic E-state index is -0.462. The Labute approximate surface area is 106 Å². The van der Waals surface area contributed by atoms with Gasteiger partial charge in [-0.2, -0.15) is 0 Å². The molecule has 0 saturated carbocycles. The van der Waals surface area contributed by atoms with E-state index in [1.807, 2.05) is 0 Å². The van der Waals surface area contributed by atoms with Crippen molar-refractivity contribution >= 4 is 32.7 Å². The van der Waals surface area contributed by atoms with Gasteiger partial charge in [0.05, 0.1) is 12.0 Å². The van der Waals surface area contributed by atoms with Crippen molar-refractivity contribution in [3.05, 3.63) is 32.9 Å². The number of carbonyl (C=O) groups is 1. The number of nitrogens with zero attached hydrogens (tertiary/aromatic N) is 1. The Hall–Kier alpha value is -1.56. The molecular weight excluding hydrogens is 288 g/mol. The van der Waals surface area contributed by atoms with E-state index in [1.165, 1.54) is 10.8 Å². The number of pyridine rings is 1. The fourth-order valence-electron chi connectivity index (χ4n) is 1.69. The van der Waals surface area contributed by atoms with Gasteiger partial charge in [-0.3, -0.25) is 4.79 Å². The first-order valence-electron chi connectivity index (χ1n) is 5.09. The first kappa shape index (κ1) is 11.9. The van der Waals surface area contributed by atoms with Gasteiger partial charge in [-0.05, 0) is 22.9 Å². The zero-order chi connectivity index (χ0) is 12.6. The van der Waals surface area contributed by atoms with E-state index in [0.717, 1.165) is 0 Å². The molecule has 0 amide bonds. The van der Waals surface area contributed by atoms with Crippen molar-refractivity contribution < 1.29 is 9.53 Å². The Bertz CT molecular complexity index is 642. The molecule has 17 heavy (non-hydrogen) atoms. The number of fused-ring (bicyclic) bond motifs is 1. The molecule has 2 heterocycles. The van der Waals surface area contributed by atoms with Gasteiger partial charge >= 0.3 is 5.97 Å². The molecule has 0 aliphatic carbocycles. The summed E-state index contributed by atoms with van der Waals surface area (Å²) >= 11 is 3.34. The molecule has 0 unspecified atom stereocenters. The van der Waals surface area contributed by atoms with E-state index < -0.39 is 5.97 Å². The van der Waals surface area contributed by atoms with E-state index in [9.17, 15) is 9.59 Å². The minimum Gasteiger partial charge on any atom is -0.461 e. The molecule has 0 radical (unpaired) electrons. The lowest BCUT2D eigenvalue weighted by Crippen LogP contribution is -2.15. The van der Waals surface area contributed by atoms with Crippen LogP contribution in [0.1, 0.15) is 17.4 Å². The van der Waals surface area contributed by atoms with Gasteiger partial charge < -0.3 is 14.3 Å². The monoisotopic (exact) mass is 298 g/mol. The molecule has 0 aromatic carbocycles. The maximum Gasteiger partial charge on any atom is 0.355 e. The normalized spacial score (nSPS) is 10.8. The predicted octanol–water partition coefficient (Wildman–Crippen LogP) is 1.81. The summed E-state index contributed by atoms with van der Waals surface area (Å²) in [7, 11) is 1.66. The van der Waals surface area contributed by atoms with E-state index in [0.29, 0.717) is 27.5 Å². The van der Waals surface area contributed by atoms with Crippen LogP contribution < -0.4 is 5.56 Å². The van der Waals surface area contributed by atoms with Crippen molar-refractivity contribution in [2.45, 2.75) is 6.92 Å². The molecule has 0 spiro atoms. The van der Waals surface area contributed by atoms with E-state index >= 15 is 0 Å². The Balaban J connectivity index is 2.73. The second-order valence-corrected chi connectivity index (χ2v) is 4.42. The number of aryl methyl sites for hydroxylation is 1. The average molecular weight is 299 g/mol. The number of ether oxygens (including phenoxy) is 1. The van der Waals surface area contributed by atoms with Gasteiger partial charge in [0, 0.05) is 29.3 Å². The number of aromatic nitrogens is 2. The number of hydrogen-bond acceptors (Lipinski definition) is 3. The molecule has 0 atom stereocenters. The largest absolute Gasteiger partial charge is 0.461 e. The Kier molecular flexibility index (Phi) is 3.06. The van der Waals surface area contributed by atoms with Crippen LogP contribution in [-0.4, -0.2) is 22.1 Å². The third-order valence-corrected chi connectivity index (χ3v) is 3.06. The van der Waals surface area contributed by atoms with Crippen LogP contribution in [0.5, 0.6) is 0 Å². The number of halogens is 1. The summed E-state index contributed by atoms with van der Waals surface area (Å²) < 4.78 is 7.05. The van der Waals surface area contributed by atoms with Gasteiger partial charge in [0.1, 0.15) is 5.69 Å². The standard InChI is InChI=1S/C11H11BrN2O3/c1-3-17-11(16)9-8-6(4-13-9)10(15)14(2)5-7(8)12/h4-5,13H,3H2,1-2H3. The second kappa shape index (κ2) is 4.37. The first-order chi connectivity index (χ1) is 8.06. The van der Waals surface area contributed by atoms with E-state index in [4.69, 9.17) is 4.74 Å². The number of esters is 1. The summed E-state index contributed by atoms with van der Waals surface area (Å²) in [5.41, 5.74) is 0.140. The van der Waals surface area contributed by atoms with Crippen LogP contribution in [0.3, 0.4) is 0 Å². The fourth-order valence-corrected chi connectivity index (χ4v) is 2.41. The molecule has 0 saturated heterocycles. The number of carbonyl (C=O) groups excluding carboxylic acids is 1. The summed E-state index contributed by atoms with van der Waals surface area (Å²) in [5, 5.41) is 1.02. The lowest BCUT2D eigenvalue weighted by molar-refractivity contribution is 0.0522. The lowest BCUT2D eigenvalue weighted by Gasteiger charge is -2.03. The molecule has 0 aliphatic rings. The van der Waals surface area contributed by atoms with Crippen LogP contribution in [0.4, 0.5) is 0 Å². The van der Waals surface area contributed by atoms with Crippen molar-refractivity contribution in [1.29, 1.82) is 0 Å². The zero-order valence-corrected chi connectivity index (χ0v) is 11.0. The van der Waals surface area contributed by atoms with Crippen molar-refractivity contribution in [2.24, 2.45) is 7.05 Å². The molecule has 0 aliphatic heterocycles. The van der Waals surface area contributed by atoms with Crippen LogP contribution in [-0.2, 0) is 11.8 Å². The molecule has 2 rings (SSSR count). The molecule has 2 aromatic rings. The van der Waals surface area contributed by atoms with Crippen LogP contribution in [0, 0.1) is 0 Å². The topological polar surface area (TPSA) is 64.1 Å². The van der Waals surface area contributed by atoms with Crippen molar-refractivity contribution in [3.63, 3.8) is 0 Å². The van der Waals surface area contributed by atoms with Crippen LogP contribution in [0.15, 0.2) is 21.7 Å². The van der Waals surface area contributed by atoms with Gasteiger partial charge in [-0.1, -0.05) is 0 Å². The maximum atomic E-state index is 11.8. The third-order valence-electron chi connectivity index (χ3n) is 2.46. The second-order valence-electron chi connectivity index (χ2n) is 3.57. The maximum absolute atomic E-state index is 11.8. The highest BCUT2D eigenvalue weighted by atomic mass is 79.9. The quantitative estimate of drug-likeness (QED) is 0.860. The van der Waals surface area contributed by atoms with Crippen LogP contribution in [0.25, 0.3) is 10.8 Å². The molecule has 0 fully saturated rings. The van der Waals surface area contributed by atoms with Crippen molar-refractivity contribution in [2.75, 3.05) is 6.61 Å². The van der Waals surface area contributed by atoms with Crippen LogP contribution in [0.2, 0.25) is 0 Å². The highest BCUT2D eigenvalue weighted by Crippen LogP contribution is 2.24. The Morgan fingerprint density at radius 1 is 1.59 bits per heavy atom. The highest BCUT2D eigenvalue weighted by Gasteiger charge is 2.18.